The molecule has 5 atom stereocenters. The smallest absolute Gasteiger partial charge is 0.303 e. The topological polar surface area (TPSA) is 163 Å². The van der Waals surface area contributed by atoms with Crippen LogP contribution in [0.2, 0.25) is 0 Å². The molecule has 12 heteroatoms. The van der Waals surface area contributed by atoms with Crippen LogP contribution in [0.1, 0.15) is 33.1 Å². The number of ether oxygens (including phenoxy) is 5. The second kappa shape index (κ2) is 9.59. The highest BCUT2D eigenvalue weighted by Gasteiger charge is 2.51. The minimum Gasteiger partial charge on any atom is -0.463 e. The molecule has 0 aliphatic carbocycles. The first kappa shape index (κ1) is 15.4. The van der Waals surface area contributed by atoms with Gasteiger partial charge in [-0.25, -0.2) is 0 Å². The van der Waals surface area contributed by atoms with Crippen LogP contribution in [0.3, 0.4) is 0 Å². The molecule has 1 aliphatic heterocycles. The van der Waals surface area contributed by atoms with E-state index in [1.54, 1.807) is 0 Å². The zero-order chi connectivity index (χ0) is 22.7. The molecule has 144 valence electrons. The Balaban J connectivity index is 3.35. The van der Waals surface area contributed by atoms with Crippen LogP contribution >= 0.6 is 0 Å². The molecule has 0 saturated carbocycles. The summed E-state index contributed by atoms with van der Waals surface area (Å²) in [4.78, 5) is 49.0. The van der Waals surface area contributed by atoms with Gasteiger partial charge in [0.1, 0.15) is 12.7 Å². The number of carbonyl (C=O) groups excluding carboxylic acids is 4. The highest BCUT2D eigenvalue weighted by atomic mass is 16.7. The van der Waals surface area contributed by atoms with E-state index >= 15 is 0 Å². The van der Waals surface area contributed by atoms with E-state index < -0.39 is 88.7 Å². The largest absolute Gasteiger partial charge is 0.463 e. The molecule has 0 N–H and O–H groups in total. The average molecular weight is 377 g/mol. The van der Waals surface area contributed by atoms with E-state index in [4.69, 9.17) is 34.7 Å². The lowest BCUT2D eigenvalue weighted by atomic mass is 9.97. The van der Waals surface area contributed by atoms with Gasteiger partial charge in [-0.1, -0.05) is 5.11 Å². The van der Waals surface area contributed by atoms with Crippen molar-refractivity contribution in [3.63, 3.8) is 0 Å². The van der Waals surface area contributed by atoms with Crippen LogP contribution in [0.5, 0.6) is 0 Å². The van der Waals surface area contributed by atoms with E-state index in [2.05, 4.69) is 10.0 Å². The van der Waals surface area contributed by atoms with Gasteiger partial charge in [0.05, 0.1) is 0 Å². The van der Waals surface area contributed by atoms with E-state index in [1.165, 1.54) is 0 Å². The van der Waals surface area contributed by atoms with Crippen molar-refractivity contribution in [2.45, 2.75) is 58.2 Å². The van der Waals surface area contributed by atoms with Gasteiger partial charge in [-0.2, -0.15) is 0 Å². The number of esters is 4. The summed E-state index contributed by atoms with van der Waals surface area (Å²) < 4.78 is 53.5. The molecule has 1 heterocycles. The molecule has 1 aliphatic rings. The Kier molecular flexibility index (Phi) is 5.68. The van der Waals surface area contributed by atoms with Crippen LogP contribution in [-0.4, -0.2) is 61.1 Å². The van der Waals surface area contributed by atoms with Crippen molar-refractivity contribution in [3.05, 3.63) is 10.4 Å². The van der Waals surface area contributed by atoms with Crippen LogP contribution in [0.4, 0.5) is 0 Å². The minimum atomic E-state index is -1.67. The number of azide groups is 1. The zero-order valence-corrected chi connectivity index (χ0v) is 13.4. The molecule has 1 fully saturated rings. The summed E-state index contributed by atoms with van der Waals surface area (Å²) in [6, 6.07) is 0. The molecule has 1 rings (SSSR count). The number of carbonyl (C=O) groups is 4. The molecular formula is C14H19N3O9. The van der Waals surface area contributed by atoms with Gasteiger partial charge in [-0.05, 0) is 5.53 Å². The molecule has 26 heavy (non-hydrogen) atoms. The van der Waals surface area contributed by atoms with Crippen LogP contribution < -0.4 is 0 Å². The summed E-state index contributed by atoms with van der Waals surface area (Å²) >= 11 is 0. The molecule has 0 radical (unpaired) electrons. The second-order valence-electron chi connectivity index (χ2n) is 4.82. The van der Waals surface area contributed by atoms with Gasteiger partial charge in [0, 0.05) is 38.0 Å². The number of hydrogen-bond donors (Lipinski definition) is 0. The summed E-state index contributed by atoms with van der Waals surface area (Å²) in [5, 5.41) is 3.29. The van der Waals surface area contributed by atoms with E-state index in [0.29, 0.717) is 0 Å². The number of hydrogen-bond acceptors (Lipinski definition) is 10. The van der Waals surface area contributed by atoms with E-state index in [0.717, 1.165) is 0 Å². The van der Waals surface area contributed by atoms with Crippen LogP contribution in [0.25, 0.3) is 10.4 Å². The first-order valence-corrected chi connectivity index (χ1v) is 6.91. The predicted molar refractivity (Wildman–Crippen MR) is 81.1 cm³/mol. The summed E-state index contributed by atoms with van der Waals surface area (Å²) in [5.74, 6) is -4.30. The maximum atomic E-state index is 11.7. The predicted octanol–water partition coefficient (Wildman–Crippen LogP) is 0.380. The number of nitrogens with zero attached hydrogens (tertiary/aromatic N) is 3. The van der Waals surface area contributed by atoms with Crippen molar-refractivity contribution in [3.8, 4) is 0 Å². The third kappa shape index (κ3) is 6.22. The van der Waals surface area contributed by atoms with Crippen LogP contribution in [0.15, 0.2) is 5.11 Å². The normalized spacial score (nSPS) is 29.5. The Morgan fingerprint density at radius 2 is 1.50 bits per heavy atom. The van der Waals surface area contributed by atoms with E-state index in [-0.39, 0.29) is 0 Å². The quantitative estimate of drug-likeness (QED) is 0.209. The number of rotatable bonds is 6. The lowest BCUT2D eigenvalue weighted by Gasteiger charge is -2.43. The Morgan fingerprint density at radius 1 is 0.962 bits per heavy atom. The average Bonchev–Trinajstić information content (AvgIpc) is 2.75. The van der Waals surface area contributed by atoms with Crippen molar-refractivity contribution in [2.75, 3.05) is 6.61 Å². The fourth-order valence-corrected chi connectivity index (χ4v) is 2.21. The summed E-state index contributed by atoms with van der Waals surface area (Å²) in [6.45, 7) is -3.91. The van der Waals surface area contributed by atoms with Crippen molar-refractivity contribution in [1.82, 2.24) is 0 Å². The van der Waals surface area contributed by atoms with Gasteiger partial charge < -0.3 is 23.7 Å². The SMILES string of the molecule is [2H]CC(=O)OC[C@H]1OC(N=[N+]=[N-])[C@H](OC(=O)C[2H])[C@@H](OC(=O)C[2H])[C@H]1OC(=O)C[2H]. The minimum absolute atomic E-state index is 0.626. The Bertz CT molecular complexity index is 692. The van der Waals surface area contributed by atoms with Gasteiger partial charge >= 0.3 is 23.9 Å². The molecule has 0 aromatic rings. The standard InChI is InChI=1S/C14H19N3O9/c1-6(18)22-5-10-11(23-7(2)19)12(24-8(3)20)13(25-9(4)21)14(26-10)16-17-15/h10-14H,5H2,1-4H3/t10-,11+,12+,13-,14?/m1/s1/i1D,2D,3D,4D. The fraction of sp³-hybridized carbons (Fsp3) is 0.714. The maximum Gasteiger partial charge on any atom is 0.303 e. The van der Waals surface area contributed by atoms with Crippen molar-refractivity contribution in [1.29, 1.82) is 0 Å². The van der Waals surface area contributed by atoms with Gasteiger partial charge in [0.15, 0.2) is 24.5 Å². The first-order valence-electron chi connectivity index (χ1n) is 9.74. The Morgan fingerprint density at radius 3 is 2.04 bits per heavy atom. The Labute approximate surface area is 153 Å². The molecule has 0 spiro atoms. The molecule has 0 aromatic carbocycles. The molecule has 0 bridgehead atoms. The molecule has 1 unspecified atom stereocenters. The third-order valence-electron chi connectivity index (χ3n) is 2.99. The van der Waals surface area contributed by atoms with Gasteiger partial charge in [-0.15, -0.1) is 0 Å². The lowest BCUT2D eigenvalue weighted by Crippen LogP contribution is -2.61. The van der Waals surface area contributed by atoms with Crippen LogP contribution in [-0.2, 0) is 42.9 Å². The van der Waals surface area contributed by atoms with Crippen molar-refractivity contribution >= 4 is 23.9 Å². The highest BCUT2D eigenvalue weighted by molar-refractivity contribution is 5.68. The van der Waals surface area contributed by atoms with Crippen molar-refractivity contribution < 1.29 is 48.3 Å². The molecule has 1 saturated heterocycles. The monoisotopic (exact) mass is 377 g/mol. The lowest BCUT2D eigenvalue weighted by molar-refractivity contribution is -0.251. The molecule has 12 nitrogen and oxygen atoms in total. The highest BCUT2D eigenvalue weighted by Crippen LogP contribution is 2.29. The van der Waals surface area contributed by atoms with Gasteiger partial charge in [-0.3, -0.25) is 19.2 Å². The van der Waals surface area contributed by atoms with E-state index in [1.807, 2.05) is 0 Å². The van der Waals surface area contributed by atoms with E-state index in [9.17, 15) is 19.2 Å². The molecule has 0 amide bonds. The van der Waals surface area contributed by atoms with Gasteiger partial charge in [0.25, 0.3) is 0 Å². The maximum absolute atomic E-state index is 11.7. The van der Waals surface area contributed by atoms with Crippen molar-refractivity contribution in [2.24, 2.45) is 5.11 Å². The molecule has 0 aromatic heterocycles. The summed E-state index contributed by atoms with van der Waals surface area (Å²) in [6.07, 6.45) is -7.97. The second-order valence-corrected chi connectivity index (χ2v) is 4.82. The third-order valence-corrected chi connectivity index (χ3v) is 2.99. The molecular weight excluding hydrogens is 354 g/mol. The Hall–Kier alpha value is -2.85. The fourth-order valence-electron chi connectivity index (χ4n) is 2.21. The summed E-state index contributed by atoms with van der Waals surface area (Å²) in [5.41, 5.74) is 8.78. The first-order chi connectivity index (χ1) is 14.3. The van der Waals surface area contributed by atoms with Gasteiger partial charge in [0.2, 0.25) is 0 Å². The van der Waals surface area contributed by atoms with Crippen LogP contribution in [0, 0.1) is 0 Å². The summed E-state index contributed by atoms with van der Waals surface area (Å²) in [7, 11) is 0. The zero-order valence-electron chi connectivity index (χ0n) is 17.4.